The Hall–Kier alpha value is -0.930. The van der Waals surface area contributed by atoms with Crippen LogP contribution < -0.4 is 5.73 Å². The Morgan fingerprint density at radius 3 is 3.00 bits per heavy atom. The zero-order valence-corrected chi connectivity index (χ0v) is 7.26. The molecule has 1 aliphatic carbocycles. The van der Waals surface area contributed by atoms with Crippen LogP contribution in [0.25, 0.3) is 0 Å². The number of aliphatic hydroxyl groups is 1. The minimum Gasteiger partial charge on any atom is -0.392 e. The molecule has 3 heteroatoms. The van der Waals surface area contributed by atoms with Crippen LogP contribution in [-0.4, -0.2) is 5.11 Å². The van der Waals surface area contributed by atoms with E-state index in [1.54, 1.807) is 0 Å². The van der Waals surface area contributed by atoms with E-state index in [2.05, 4.69) is 0 Å². The second-order valence-corrected chi connectivity index (χ2v) is 3.44. The van der Waals surface area contributed by atoms with Crippen molar-refractivity contribution in [2.45, 2.75) is 25.5 Å². The van der Waals surface area contributed by atoms with Gasteiger partial charge in [0.15, 0.2) is 0 Å². The van der Waals surface area contributed by atoms with E-state index in [1.807, 2.05) is 0 Å². The van der Waals surface area contributed by atoms with Crippen LogP contribution in [-0.2, 0) is 13.0 Å². The molecule has 13 heavy (non-hydrogen) atoms. The predicted octanol–water partition coefficient (Wildman–Crippen LogP) is 1.26. The molecule has 2 nitrogen and oxygen atoms in total. The first-order valence-electron chi connectivity index (χ1n) is 4.40. The Kier molecular flexibility index (Phi) is 2.06. The van der Waals surface area contributed by atoms with Crippen LogP contribution in [0.2, 0.25) is 0 Å². The first-order valence-corrected chi connectivity index (χ1v) is 4.40. The molecule has 1 aliphatic rings. The maximum Gasteiger partial charge on any atom is 0.123 e. The van der Waals surface area contributed by atoms with E-state index in [0.29, 0.717) is 5.56 Å². The highest BCUT2D eigenvalue weighted by atomic mass is 19.1. The normalized spacial score (nSPS) is 20.4. The van der Waals surface area contributed by atoms with Crippen LogP contribution in [0, 0.1) is 5.82 Å². The van der Waals surface area contributed by atoms with Gasteiger partial charge in [0.05, 0.1) is 6.61 Å². The first-order chi connectivity index (χ1) is 6.22. The number of fused-ring (bicyclic) bond motifs is 1. The summed E-state index contributed by atoms with van der Waals surface area (Å²) in [6, 6.07) is 2.80. The molecule has 2 rings (SSSR count). The molecular weight excluding hydrogens is 169 g/mol. The third-order valence-electron chi connectivity index (χ3n) is 2.62. The average molecular weight is 181 g/mol. The molecular formula is C10H12FNO. The summed E-state index contributed by atoms with van der Waals surface area (Å²) in [6.07, 6.45) is 1.71. The maximum atomic E-state index is 13.0. The minimum absolute atomic E-state index is 0.0593. The molecule has 0 aromatic heterocycles. The lowest BCUT2D eigenvalue weighted by Gasteiger charge is -2.08. The van der Waals surface area contributed by atoms with Crippen molar-refractivity contribution in [3.05, 3.63) is 34.6 Å². The van der Waals surface area contributed by atoms with Gasteiger partial charge in [-0.2, -0.15) is 0 Å². The van der Waals surface area contributed by atoms with Gasteiger partial charge in [-0.15, -0.1) is 0 Å². The van der Waals surface area contributed by atoms with Gasteiger partial charge >= 0.3 is 0 Å². The van der Waals surface area contributed by atoms with Crippen LogP contribution in [0.5, 0.6) is 0 Å². The van der Waals surface area contributed by atoms with Crippen molar-refractivity contribution in [2.24, 2.45) is 5.73 Å². The fraction of sp³-hybridized carbons (Fsp3) is 0.400. The summed E-state index contributed by atoms with van der Waals surface area (Å²) in [7, 11) is 0. The Labute approximate surface area is 76.2 Å². The minimum atomic E-state index is -0.305. The van der Waals surface area contributed by atoms with E-state index in [0.717, 1.165) is 24.0 Å². The third-order valence-corrected chi connectivity index (χ3v) is 2.62. The molecule has 0 bridgehead atoms. The molecule has 0 saturated heterocycles. The molecule has 0 unspecified atom stereocenters. The Morgan fingerprint density at radius 2 is 2.31 bits per heavy atom. The average Bonchev–Trinajstić information content (AvgIpc) is 2.47. The highest BCUT2D eigenvalue weighted by Crippen LogP contribution is 2.32. The summed E-state index contributed by atoms with van der Waals surface area (Å²) in [6.45, 7) is -0.104. The number of nitrogens with two attached hydrogens (primary N) is 1. The first kappa shape index (κ1) is 8.66. The number of halogens is 1. The van der Waals surface area contributed by atoms with Crippen molar-refractivity contribution in [2.75, 3.05) is 0 Å². The molecule has 1 aromatic carbocycles. The molecule has 0 fully saturated rings. The summed E-state index contributed by atoms with van der Waals surface area (Å²) >= 11 is 0. The van der Waals surface area contributed by atoms with Crippen molar-refractivity contribution < 1.29 is 9.50 Å². The van der Waals surface area contributed by atoms with Crippen LogP contribution in [0.3, 0.4) is 0 Å². The molecule has 0 aliphatic heterocycles. The molecule has 0 heterocycles. The summed E-state index contributed by atoms with van der Waals surface area (Å²) in [4.78, 5) is 0. The lowest BCUT2D eigenvalue weighted by atomic mass is 10.0. The van der Waals surface area contributed by atoms with E-state index in [9.17, 15) is 4.39 Å². The molecule has 1 aromatic rings. The smallest absolute Gasteiger partial charge is 0.123 e. The zero-order chi connectivity index (χ0) is 9.42. The Bertz CT molecular complexity index is 338. The zero-order valence-electron chi connectivity index (χ0n) is 7.26. The van der Waals surface area contributed by atoms with Crippen LogP contribution in [0.4, 0.5) is 4.39 Å². The number of aliphatic hydroxyl groups excluding tert-OH is 1. The van der Waals surface area contributed by atoms with Gasteiger partial charge in [0.25, 0.3) is 0 Å². The summed E-state index contributed by atoms with van der Waals surface area (Å²) in [5.41, 5.74) is 8.38. The van der Waals surface area contributed by atoms with Crippen molar-refractivity contribution in [3.63, 3.8) is 0 Å². The number of rotatable bonds is 1. The summed E-state index contributed by atoms with van der Waals surface area (Å²) < 4.78 is 13.0. The third kappa shape index (κ3) is 1.34. The van der Waals surface area contributed by atoms with Crippen molar-refractivity contribution >= 4 is 0 Å². The van der Waals surface area contributed by atoms with Gasteiger partial charge in [-0.05, 0) is 41.7 Å². The highest BCUT2D eigenvalue weighted by molar-refractivity contribution is 5.40. The second kappa shape index (κ2) is 3.09. The molecule has 0 saturated carbocycles. The largest absolute Gasteiger partial charge is 0.392 e. The van der Waals surface area contributed by atoms with Crippen molar-refractivity contribution in [3.8, 4) is 0 Å². The quantitative estimate of drug-likeness (QED) is 0.685. The maximum absolute atomic E-state index is 13.0. The van der Waals surface area contributed by atoms with Gasteiger partial charge in [-0.3, -0.25) is 0 Å². The monoisotopic (exact) mass is 181 g/mol. The predicted molar refractivity (Wildman–Crippen MR) is 47.6 cm³/mol. The van der Waals surface area contributed by atoms with Crippen LogP contribution in [0.15, 0.2) is 12.1 Å². The Balaban J connectivity index is 2.56. The summed E-state index contributed by atoms with van der Waals surface area (Å²) in [5, 5.41) is 9.00. The van der Waals surface area contributed by atoms with E-state index in [4.69, 9.17) is 10.8 Å². The topological polar surface area (TPSA) is 46.2 Å². The van der Waals surface area contributed by atoms with E-state index < -0.39 is 0 Å². The van der Waals surface area contributed by atoms with E-state index >= 15 is 0 Å². The standard InChI is InChI=1S/C10H12FNO/c11-7-3-6(5-13)8-1-2-10(12)9(8)4-7/h3-4,10,13H,1-2,5,12H2/t10-/m1/s1. The molecule has 0 radical (unpaired) electrons. The van der Waals surface area contributed by atoms with Crippen LogP contribution >= 0.6 is 0 Å². The van der Waals surface area contributed by atoms with E-state index in [-0.39, 0.29) is 18.5 Å². The Morgan fingerprint density at radius 1 is 1.54 bits per heavy atom. The van der Waals surface area contributed by atoms with Gasteiger partial charge < -0.3 is 10.8 Å². The van der Waals surface area contributed by atoms with Gasteiger partial charge in [0.2, 0.25) is 0 Å². The number of hydrogen-bond donors (Lipinski definition) is 2. The van der Waals surface area contributed by atoms with Crippen molar-refractivity contribution in [1.29, 1.82) is 0 Å². The fourth-order valence-electron chi connectivity index (χ4n) is 1.95. The number of hydrogen-bond acceptors (Lipinski definition) is 2. The van der Waals surface area contributed by atoms with Gasteiger partial charge in [0, 0.05) is 6.04 Å². The summed E-state index contributed by atoms with van der Waals surface area (Å²) in [5.74, 6) is -0.305. The SMILES string of the molecule is N[C@@H]1CCc2c(CO)cc(F)cc21. The highest BCUT2D eigenvalue weighted by Gasteiger charge is 2.22. The van der Waals surface area contributed by atoms with Gasteiger partial charge in [0.1, 0.15) is 5.82 Å². The molecule has 1 atom stereocenters. The fourth-order valence-corrected chi connectivity index (χ4v) is 1.95. The second-order valence-electron chi connectivity index (χ2n) is 3.44. The lowest BCUT2D eigenvalue weighted by Crippen LogP contribution is -2.06. The molecule has 3 N–H and O–H groups in total. The molecule has 0 spiro atoms. The lowest BCUT2D eigenvalue weighted by molar-refractivity contribution is 0.280. The van der Waals surface area contributed by atoms with Gasteiger partial charge in [-0.25, -0.2) is 4.39 Å². The molecule has 70 valence electrons. The number of benzene rings is 1. The van der Waals surface area contributed by atoms with Crippen LogP contribution in [0.1, 0.15) is 29.2 Å². The van der Waals surface area contributed by atoms with Gasteiger partial charge in [-0.1, -0.05) is 0 Å². The van der Waals surface area contributed by atoms with E-state index in [1.165, 1.54) is 12.1 Å². The van der Waals surface area contributed by atoms with Crippen molar-refractivity contribution in [1.82, 2.24) is 0 Å². The molecule has 0 amide bonds.